The van der Waals surface area contributed by atoms with E-state index in [2.05, 4.69) is 15.7 Å². The van der Waals surface area contributed by atoms with Crippen LogP contribution < -0.4 is 15.4 Å². The molecule has 2 aromatic rings. The standard InChI is InChI=1S/C21H30N4O2/c1-27-20-10-8-17(9-11-20)15-25-16-18(14-24-25)21(26)23-13-12-22-19-6-4-2-3-5-7-19/h8-11,14,16,19,22H,2-7,12-13,15H2,1H3,(H,23,26). The summed E-state index contributed by atoms with van der Waals surface area (Å²) in [6.07, 6.45) is 11.3. The van der Waals surface area contributed by atoms with Crippen molar-refractivity contribution in [3.63, 3.8) is 0 Å². The predicted molar refractivity (Wildman–Crippen MR) is 106 cm³/mol. The van der Waals surface area contributed by atoms with E-state index < -0.39 is 0 Å². The van der Waals surface area contributed by atoms with E-state index in [0.29, 0.717) is 24.7 Å². The molecule has 0 spiro atoms. The summed E-state index contributed by atoms with van der Waals surface area (Å²) >= 11 is 0. The molecule has 0 bridgehead atoms. The van der Waals surface area contributed by atoms with Gasteiger partial charge >= 0.3 is 0 Å². The Morgan fingerprint density at radius 1 is 1.15 bits per heavy atom. The van der Waals surface area contributed by atoms with Crippen LogP contribution in [0.1, 0.15) is 54.4 Å². The highest BCUT2D eigenvalue weighted by atomic mass is 16.5. The Bertz CT molecular complexity index is 703. The second-order valence-corrected chi connectivity index (χ2v) is 7.17. The number of rotatable bonds is 8. The Morgan fingerprint density at radius 2 is 1.89 bits per heavy atom. The Balaban J connectivity index is 1.41. The lowest BCUT2D eigenvalue weighted by atomic mass is 10.1. The molecule has 1 heterocycles. The van der Waals surface area contributed by atoms with Gasteiger partial charge in [0.15, 0.2) is 0 Å². The lowest BCUT2D eigenvalue weighted by Gasteiger charge is -2.16. The number of methoxy groups -OCH3 is 1. The van der Waals surface area contributed by atoms with E-state index in [1.165, 1.54) is 38.5 Å². The molecular weight excluding hydrogens is 340 g/mol. The quantitative estimate of drug-likeness (QED) is 0.554. The van der Waals surface area contributed by atoms with Gasteiger partial charge in [-0.25, -0.2) is 0 Å². The van der Waals surface area contributed by atoms with Crippen LogP contribution in [-0.4, -0.2) is 41.9 Å². The maximum atomic E-state index is 12.3. The van der Waals surface area contributed by atoms with Gasteiger partial charge in [0.1, 0.15) is 5.75 Å². The summed E-state index contributed by atoms with van der Waals surface area (Å²) < 4.78 is 6.94. The fraction of sp³-hybridized carbons (Fsp3) is 0.524. The summed E-state index contributed by atoms with van der Waals surface area (Å²) in [5.41, 5.74) is 1.71. The lowest BCUT2D eigenvalue weighted by molar-refractivity contribution is 0.0953. The largest absolute Gasteiger partial charge is 0.497 e. The minimum atomic E-state index is -0.0707. The zero-order chi connectivity index (χ0) is 18.9. The van der Waals surface area contributed by atoms with Crippen LogP contribution in [0.2, 0.25) is 0 Å². The Morgan fingerprint density at radius 3 is 2.59 bits per heavy atom. The fourth-order valence-electron chi connectivity index (χ4n) is 3.52. The number of amides is 1. The molecule has 27 heavy (non-hydrogen) atoms. The number of ether oxygens (including phenoxy) is 1. The van der Waals surface area contributed by atoms with Crippen molar-refractivity contribution in [2.45, 2.75) is 51.1 Å². The van der Waals surface area contributed by atoms with Gasteiger partial charge in [0.05, 0.1) is 25.4 Å². The number of carbonyl (C=O) groups excluding carboxylic acids is 1. The highest BCUT2D eigenvalue weighted by Gasteiger charge is 2.12. The van der Waals surface area contributed by atoms with Gasteiger partial charge in [0.25, 0.3) is 5.91 Å². The zero-order valence-corrected chi connectivity index (χ0v) is 16.1. The van der Waals surface area contributed by atoms with Crippen molar-refractivity contribution in [3.05, 3.63) is 47.8 Å². The van der Waals surface area contributed by atoms with Gasteiger partial charge in [-0.15, -0.1) is 0 Å². The van der Waals surface area contributed by atoms with Crippen LogP contribution in [0.25, 0.3) is 0 Å². The third-order valence-electron chi connectivity index (χ3n) is 5.10. The second-order valence-electron chi connectivity index (χ2n) is 7.17. The van der Waals surface area contributed by atoms with Gasteiger partial charge in [-0.3, -0.25) is 9.48 Å². The van der Waals surface area contributed by atoms with Crippen molar-refractivity contribution in [3.8, 4) is 5.75 Å². The highest BCUT2D eigenvalue weighted by Crippen LogP contribution is 2.17. The molecule has 6 nitrogen and oxygen atoms in total. The third-order valence-corrected chi connectivity index (χ3v) is 5.10. The van der Waals surface area contributed by atoms with Crippen molar-refractivity contribution in [1.29, 1.82) is 0 Å². The second kappa shape index (κ2) is 10.1. The van der Waals surface area contributed by atoms with Crippen LogP contribution in [0.3, 0.4) is 0 Å². The first-order valence-electron chi connectivity index (χ1n) is 9.91. The number of hydrogen-bond acceptors (Lipinski definition) is 4. The SMILES string of the molecule is COc1ccc(Cn2cc(C(=O)NCCNC3CCCCCC3)cn2)cc1. The topological polar surface area (TPSA) is 68.2 Å². The van der Waals surface area contributed by atoms with Gasteiger partial charge in [-0.2, -0.15) is 5.10 Å². The zero-order valence-electron chi connectivity index (χ0n) is 16.1. The molecule has 1 aliphatic rings. The molecule has 0 aliphatic heterocycles. The molecule has 1 fully saturated rings. The molecule has 6 heteroatoms. The summed E-state index contributed by atoms with van der Waals surface area (Å²) in [5, 5.41) is 10.8. The summed E-state index contributed by atoms with van der Waals surface area (Å²) in [7, 11) is 1.65. The number of carbonyl (C=O) groups is 1. The van der Waals surface area contributed by atoms with E-state index in [9.17, 15) is 4.79 Å². The van der Waals surface area contributed by atoms with Crippen LogP contribution in [0.15, 0.2) is 36.7 Å². The average Bonchev–Trinajstić information content (AvgIpc) is 3.00. The Labute approximate surface area is 161 Å². The van der Waals surface area contributed by atoms with E-state index in [-0.39, 0.29) is 5.91 Å². The van der Waals surface area contributed by atoms with Gasteiger partial charge in [0, 0.05) is 25.3 Å². The monoisotopic (exact) mass is 370 g/mol. The third kappa shape index (κ3) is 6.10. The van der Waals surface area contributed by atoms with Crippen molar-refractivity contribution >= 4 is 5.91 Å². The molecule has 0 radical (unpaired) electrons. The van der Waals surface area contributed by atoms with E-state index >= 15 is 0 Å². The molecule has 1 saturated carbocycles. The van der Waals surface area contributed by atoms with Crippen molar-refractivity contribution in [1.82, 2.24) is 20.4 Å². The Kier molecular flexibility index (Phi) is 7.27. The van der Waals surface area contributed by atoms with Crippen LogP contribution in [0.5, 0.6) is 5.75 Å². The molecule has 146 valence electrons. The number of nitrogens with zero attached hydrogens (tertiary/aromatic N) is 2. The lowest BCUT2D eigenvalue weighted by Crippen LogP contribution is -2.36. The summed E-state index contributed by atoms with van der Waals surface area (Å²) in [5.74, 6) is 0.760. The van der Waals surface area contributed by atoms with E-state index in [1.54, 1.807) is 24.2 Å². The Hall–Kier alpha value is -2.34. The predicted octanol–water partition coefficient (Wildman–Crippen LogP) is 2.98. The number of aromatic nitrogens is 2. The van der Waals surface area contributed by atoms with E-state index in [0.717, 1.165) is 17.9 Å². The minimum absolute atomic E-state index is 0.0707. The van der Waals surface area contributed by atoms with Crippen molar-refractivity contribution in [2.24, 2.45) is 0 Å². The summed E-state index contributed by atoms with van der Waals surface area (Å²) in [6, 6.07) is 8.46. The maximum absolute atomic E-state index is 12.3. The average molecular weight is 370 g/mol. The fourth-order valence-corrected chi connectivity index (χ4v) is 3.52. The van der Waals surface area contributed by atoms with Crippen LogP contribution in [0, 0.1) is 0 Å². The summed E-state index contributed by atoms with van der Waals surface area (Å²) in [6.45, 7) is 2.08. The van der Waals surface area contributed by atoms with E-state index in [1.807, 2.05) is 24.3 Å². The van der Waals surface area contributed by atoms with Crippen LogP contribution in [-0.2, 0) is 6.54 Å². The molecular formula is C21H30N4O2. The molecule has 0 unspecified atom stereocenters. The number of hydrogen-bond donors (Lipinski definition) is 2. The molecule has 0 saturated heterocycles. The molecule has 1 aromatic heterocycles. The summed E-state index contributed by atoms with van der Waals surface area (Å²) in [4.78, 5) is 12.3. The molecule has 2 N–H and O–H groups in total. The minimum Gasteiger partial charge on any atom is -0.497 e. The molecule has 1 aliphatic carbocycles. The maximum Gasteiger partial charge on any atom is 0.254 e. The number of nitrogens with one attached hydrogen (secondary N) is 2. The molecule has 3 rings (SSSR count). The first kappa shape index (κ1) is 19.4. The van der Waals surface area contributed by atoms with Gasteiger partial charge in [-0.1, -0.05) is 37.8 Å². The van der Waals surface area contributed by atoms with Crippen LogP contribution in [0.4, 0.5) is 0 Å². The highest BCUT2D eigenvalue weighted by molar-refractivity contribution is 5.93. The normalized spacial score (nSPS) is 15.3. The first-order chi connectivity index (χ1) is 13.2. The smallest absolute Gasteiger partial charge is 0.254 e. The van der Waals surface area contributed by atoms with Crippen LogP contribution >= 0.6 is 0 Å². The number of benzene rings is 1. The van der Waals surface area contributed by atoms with Crippen molar-refractivity contribution in [2.75, 3.05) is 20.2 Å². The van der Waals surface area contributed by atoms with Gasteiger partial charge < -0.3 is 15.4 Å². The first-order valence-corrected chi connectivity index (χ1v) is 9.91. The van der Waals surface area contributed by atoms with E-state index in [4.69, 9.17) is 4.74 Å². The molecule has 1 aromatic carbocycles. The van der Waals surface area contributed by atoms with Crippen molar-refractivity contribution < 1.29 is 9.53 Å². The van der Waals surface area contributed by atoms with Gasteiger partial charge in [-0.05, 0) is 30.5 Å². The molecule has 0 atom stereocenters. The molecule has 1 amide bonds. The van der Waals surface area contributed by atoms with Gasteiger partial charge in [0.2, 0.25) is 0 Å².